The van der Waals surface area contributed by atoms with Gasteiger partial charge in [0, 0.05) is 5.69 Å². The van der Waals surface area contributed by atoms with E-state index in [0.29, 0.717) is 17.1 Å². The van der Waals surface area contributed by atoms with Gasteiger partial charge in [0.25, 0.3) is 0 Å². The predicted octanol–water partition coefficient (Wildman–Crippen LogP) is -5.54. The van der Waals surface area contributed by atoms with Gasteiger partial charge in [-0.1, -0.05) is 0 Å². The second-order valence-electron chi connectivity index (χ2n) is 2.37. The van der Waals surface area contributed by atoms with Crippen LogP contribution in [0, 0.1) is 0 Å². The van der Waals surface area contributed by atoms with E-state index in [4.69, 9.17) is 21.3 Å². The Bertz CT molecular complexity index is 280. The highest BCUT2D eigenvalue weighted by Crippen LogP contribution is 2.23. The zero-order valence-electron chi connectivity index (χ0n) is 9.41. The van der Waals surface area contributed by atoms with Gasteiger partial charge in [0.1, 0.15) is 12.4 Å². The summed E-state index contributed by atoms with van der Waals surface area (Å²) in [5.41, 5.74) is 12.1. The third-order valence-electron chi connectivity index (χ3n) is 1.38. The lowest BCUT2D eigenvalue weighted by Crippen LogP contribution is -3.00. The largest absolute Gasteiger partial charge is 1.00 e. The topological polar surface area (TPSA) is 81.5 Å². The molecule has 1 aromatic carbocycles. The van der Waals surface area contributed by atoms with Crippen molar-refractivity contribution < 1.29 is 37.5 Å². The first-order valence-electron chi connectivity index (χ1n) is 3.62. The zero-order chi connectivity index (χ0) is 8.97. The van der Waals surface area contributed by atoms with Crippen LogP contribution in [-0.4, -0.2) is 18.3 Å². The van der Waals surface area contributed by atoms with Gasteiger partial charge in [-0.3, -0.25) is 0 Å². The Labute approximate surface area is 98.0 Å². The van der Waals surface area contributed by atoms with Crippen molar-refractivity contribution in [1.82, 2.24) is 0 Å². The maximum absolute atomic E-state index is 8.48. The second-order valence-corrected chi connectivity index (χ2v) is 2.37. The summed E-state index contributed by atoms with van der Waals surface area (Å²) in [6.45, 7) is 0.220. The van der Waals surface area contributed by atoms with Crippen molar-refractivity contribution in [2.75, 3.05) is 24.7 Å². The molecule has 0 aliphatic heterocycles. The predicted molar refractivity (Wildman–Crippen MR) is 50.1 cm³/mol. The Hall–Kier alpha value is -0.840. The van der Waals surface area contributed by atoms with Crippen LogP contribution in [0.1, 0.15) is 2.85 Å². The molecule has 0 atom stereocenters. The maximum atomic E-state index is 8.48. The van der Waals surface area contributed by atoms with E-state index in [2.05, 4.69) is 0 Å². The number of benzene rings is 1. The van der Waals surface area contributed by atoms with Crippen LogP contribution in [0.5, 0.6) is 5.75 Å². The van der Waals surface area contributed by atoms with Crippen LogP contribution in [-0.2, 0) is 0 Å². The number of hydrogen-bond acceptors (Lipinski definition) is 4. The molecule has 4 nitrogen and oxygen atoms in total. The van der Waals surface area contributed by atoms with Gasteiger partial charge in [-0.15, -0.1) is 0 Å². The van der Waals surface area contributed by atoms with Crippen molar-refractivity contribution in [2.45, 2.75) is 0 Å². The summed E-state index contributed by atoms with van der Waals surface area (Å²) < 4.78 is 5.11. The zero-order valence-corrected chi connectivity index (χ0v) is 8.92. The van der Waals surface area contributed by atoms with Gasteiger partial charge in [-0.2, -0.15) is 0 Å². The van der Waals surface area contributed by atoms with E-state index in [1.165, 1.54) is 0 Å². The summed E-state index contributed by atoms with van der Waals surface area (Å²) in [7, 11) is 0. The molecule has 14 heavy (non-hydrogen) atoms. The van der Waals surface area contributed by atoms with Crippen molar-refractivity contribution in [3.63, 3.8) is 0 Å². The minimum absolute atomic E-state index is 0. The maximum Gasteiger partial charge on any atom is 1.00 e. The molecule has 6 heteroatoms. The quantitative estimate of drug-likeness (QED) is 0.461. The minimum Gasteiger partial charge on any atom is -1.00 e. The first kappa shape index (κ1) is 15.6. The van der Waals surface area contributed by atoms with Gasteiger partial charge in [-0.05, 0) is 18.2 Å². The molecule has 0 saturated heterocycles. The summed E-state index contributed by atoms with van der Waals surface area (Å²) in [6, 6.07) is 5.00. The van der Waals surface area contributed by atoms with Crippen LogP contribution < -0.4 is 41.0 Å². The Morgan fingerprint density at radius 3 is 2.43 bits per heavy atom. The van der Waals surface area contributed by atoms with Gasteiger partial charge in [-0.25, -0.2) is 0 Å². The number of aliphatic hydroxyl groups excluding tert-OH is 1. The molecule has 1 aromatic rings. The van der Waals surface area contributed by atoms with Gasteiger partial charge >= 0.3 is 2.85 Å². The molecule has 0 fully saturated rings. The average Bonchev–Trinajstić information content (AvgIpc) is 2.03. The molecule has 0 bridgehead atoms. The van der Waals surface area contributed by atoms with Crippen LogP contribution in [0.4, 0.5) is 11.4 Å². The van der Waals surface area contributed by atoms with Crippen molar-refractivity contribution >= 4 is 11.4 Å². The van der Waals surface area contributed by atoms with E-state index in [9.17, 15) is 0 Å². The van der Waals surface area contributed by atoms with E-state index in [1.807, 2.05) is 0 Å². The second kappa shape index (κ2) is 7.55. The van der Waals surface area contributed by atoms with Crippen LogP contribution >= 0.6 is 0 Å². The Kier molecular flexibility index (Phi) is 8.43. The normalized spacial score (nSPS) is 8.36. The molecular formula is C8H14Cl2N2O2. The number of nitrogen functional groups attached to an aromatic ring is 2. The van der Waals surface area contributed by atoms with Gasteiger partial charge in [0.2, 0.25) is 0 Å². The standard InChI is InChI=1S/C8H12N2O2.2ClH/c9-6-1-2-8(7(10)5-6)12-4-3-11;;/h1-2,5,11H,3-4,9-10H2;2*1H. The molecule has 0 unspecified atom stereocenters. The molecule has 1 rings (SSSR count). The lowest BCUT2D eigenvalue weighted by Gasteiger charge is -2.07. The van der Waals surface area contributed by atoms with E-state index in [1.54, 1.807) is 18.2 Å². The molecular weight excluding hydrogens is 227 g/mol. The number of ether oxygens (including phenoxy) is 1. The molecule has 0 amide bonds. The van der Waals surface area contributed by atoms with E-state index in [0.717, 1.165) is 0 Å². The third kappa shape index (κ3) is 4.41. The van der Waals surface area contributed by atoms with Gasteiger partial charge < -0.3 is 46.1 Å². The summed E-state index contributed by atoms with van der Waals surface area (Å²) in [5.74, 6) is 0.554. The number of nitrogens with two attached hydrogens (primary N) is 2. The monoisotopic (exact) mass is 240 g/mol. The number of hydrogen-bond donors (Lipinski definition) is 3. The summed E-state index contributed by atoms with van der Waals surface area (Å²) in [4.78, 5) is 0. The smallest absolute Gasteiger partial charge is 1.00 e. The Balaban J connectivity index is -0.000000180. The van der Waals surface area contributed by atoms with Crippen LogP contribution in [0.3, 0.4) is 0 Å². The van der Waals surface area contributed by atoms with Crippen molar-refractivity contribution in [2.24, 2.45) is 0 Å². The van der Waals surface area contributed by atoms with Crippen molar-refractivity contribution in [1.29, 1.82) is 0 Å². The number of aliphatic hydroxyl groups is 1. The minimum atomic E-state index is -0.0240. The van der Waals surface area contributed by atoms with Gasteiger partial charge in [0.05, 0.1) is 12.3 Å². The summed E-state index contributed by atoms with van der Waals surface area (Å²) in [6.07, 6.45) is 0. The Morgan fingerprint density at radius 2 is 1.93 bits per heavy atom. The fraction of sp³-hybridized carbons (Fsp3) is 0.250. The van der Waals surface area contributed by atoms with Crippen LogP contribution in [0.25, 0.3) is 0 Å². The molecule has 0 heterocycles. The van der Waals surface area contributed by atoms with Crippen LogP contribution in [0.15, 0.2) is 18.2 Å². The number of anilines is 2. The Morgan fingerprint density at radius 1 is 1.29 bits per heavy atom. The molecule has 0 saturated carbocycles. The fourth-order valence-corrected chi connectivity index (χ4v) is 0.854. The highest BCUT2D eigenvalue weighted by Gasteiger charge is 1.98. The molecule has 5 N–H and O–H groups in total. The highest BCUT2D eigenvalue weighted by molar-refractivity contribution is 5.60. The molecule has 0 aliphatic rings. The molecule has 82 valence electrons. The van der Waals surface area contributed by atoms with Crippen LogP contribution in [0.2, 0.25) is 0 Å². The first-order chi connectivity index (χ1) is 5.74. The van der Waals surface area contributed by atoms with E-state index >= 15 is 0 Å². The van der Waals surface area contributed by atoms with Crippen molar-refractivity contribution in [3.05, 3.63) is 18.2 Å². The van der Waals surface area contributed by atoms with Crippen molar-refractivity contribution in [3.8, 4) is 5.75 Å². The highest BCUT2D eigenvalue weighted by atomic mass is 35.5. The van der Waals surface area contributed by atoms with E-state index in [-0.39, 0.29) is 40.9 Å². The lowest BCUT2D eigenvalue weighted by atomic mass is 10.2. The molecule has 0 radical (unpaired) electrons. The third-order valence-corrected chi connectivity index (χ3v) is 1.38. The van der Waals surface area contributed by atoms with Gasteiger partial charge in [0.15, 0.2) is 0 Å². The summed E-state index contributed by atoms with van der Waals surface area (Å²) >= 11 is 0. The SMILES string of the molecule is Nc1ccc(OCCO)c(N)c1.[Cl-].[Cl-].[H+].[H+]. The lowest BCUT2D eigenvalue weighted by molar-refractivity contribution is -0.001000. The number of rotatable bonds is 3. The average molecular weight is 241 g/mol. The molecule has 0 aliphatic carbocycles. The summed E-state index contributed by atoms with van der Waals surface area (Å²) in [5, 5.41) is 8.48. The first-order valence-corrected chi connectivity index (χ1v) is 3.62. The fourth-order valence-electron chi connectivity index (χ4n) is 0.854. The molecule has 0 aromatic heterocycles. The molecule has 0 spiro atoms. The van der Waals surface area contributed by atoms with E-state index < -0.39 is 0 Å². The number of halogens is 2.